The molecule has 1 atom stereocenters. The third-order valence-electron chi connectivity index (χ3n) is 4.80. The summed E-state index contributed by atoms with van der Waals surface area (Å²) in [6.07, 6.45) is 4.81. The van der Waals surface area contributed by atoms with Gasteiger partial charge in [-0.2, -0.15) is 0 Å². The van der Waals surface area contributed by atoms with Crippen LogP contribution < -0.4 is 4.74 Å². The van der Waals surface area contributed by atoms with Crippen LogP contribution in [0.2, 0.25) is 0 Å². The lowest BCUT2D eigenvalue weighted by atomic mass is 10.1. The standard InChI is InChI=1S/C22H19FN2O4S/c1-12(29-15-6-8-18(24-10-15)20(26)13-3-4-13)19-11-25-21(30-19)14-5-7-16(17(23)9-14)22(27)28-2/h5-13H,3-4H2,1-2H3. The van der Waals surface area contributed by atoms with Crippen LogP contribution in [0.5, 0.6) is 5.75 Å². The summed E-state index contributed by atoms with van der Waals surface area (Å²) in [5.41, 5.74) is 0.911. The van der Waals surface area contributed by atoms with Crippen molar-refractivity contribution in [1.29, 1.82) is 0 Å². The van der Waals surface area contributed by atoms with E-state index in [1.54, 1.807) is 30.6 Å². The summed E-state index contributed by atoms with van der Waals surface area (Å²) < 4.78 is 24.7. The minimum Gasteiger partial charge on any atom is -0.484 e. The van der Waals surface area contributed by atoms with E-state index in [1.165, 1.54) is 30.6 Å². The highest BCUT2D eigenvalue weighted by atomic mass is 32.1. The molecule has 30 heavy (non-hydrogen) atoms. The highest BCUT2D eigenvalue weighted by Crippen LogP contribution is 2.33. The van der Waals surface area contributed by atoms with Crippen LogP contribution in [0.3, 0.4) is 0 Å². The molecule has 0 bridgehead atoms. The molecule has 0 spiro atoms. The number of Topliss-reactive ketones (excluding diaryl/α,β-unsaturated/α-hetero) is 1. The molecule has 2 aromatic heterocycles. The topological polar surface area (TPSA) is 78.4 Å². The van der Waals surface area contributed by atoms with Gasteiger partial charge in [0.2, 0.25) is 0 Å². The minimum absolute atomic E-state index is 0.0900. The van der Waals surface area contributed by atoms with Crippen molar-refractivity contribution in [2.75, 3.05) is 7.11 Å². The lowest BCUT2D eigenvalue weighted by molar-refractivity contribution is 0.0595. The van der Waals surface area contributed by atoms with E-state index in [0.29, 0.717) is 22.0 Å². The van der Waals surface area contributed by atoms with Gasteiger partial charge in [0.15, 0.2) is 5.78 Å². The first-order valence-electron chi connectivity index (χ1n) is 9.47. The molecular weight excluding hydrogens is 407 g/mol. The first kappa shape index (κ1) is 20.2. The molecule has 6 nitrogen and oxygen atoms in total. The highest BCUT2D eigenvalue weighted by Gasteiger charge is 2.31. The first-order chi connectivity index (χ1) is 14.5. The Morgan fingerprint density at radius 2 is 1.97 bits per heavy atom. The maximum atomic E-state index is 14.2. The number of halogens is 1. The Bertz CT molecular complexity index is 1090. The van der Waals surface area contributed by atoms with Crippen LogP contribution in [0.1, 0.15) is 51.6 Å². The molecule has 1 saturated carbocycles. The fraction of sp³-hybridized carbons (Fsp3) is 0.273. The van der Waals surface area contributed by atoms with Gasteiger partial charge in [0, 0.05) is 17.7 Å². The number of ketones is 1. The molecule has 4 rings (SSSR count). The number of thiazole rings is 1. The zero-order valence-electron chi connectivity index (χ0n) is 16.4. The third-order valence-corrected chi connectivity index (χ3v) is 6.00. The number of carbonyl (C=O) groups is 2. The molecule has 0 N–H and O–H groups in total. The highest BCUT2D eigenvalue weighted by molar-refractivity contribution is 7.15. The number of benzene rings is 1. The second-order valence-corrected chi connectivity index (χ2v) is 8.09. The summed E-state index contributed by atoms with van der Waals surface area (Å²) in [6, 6.07) is 7.70. The van der Waals surface area contributed by atoms with E-state index in [-0.39, 0.29) is 23.4 Å². The van der Waals surface area contributed by atoms with Gasteiger partial charge in [0.05, 0.1) is 23.7 Å². The Labute approximate surface area is 176 Å². The summed E-state index contributed by atoms with van der Waals surface area (Å²) in [5.74, 6) is -0.609. The summed E-state index contributed by atoms with van der Waals surface area (Å²) in [7, 11) is 1.21. The van der Waals surface area contributed by atoms with E-state index in [9.17, 15) is 14.0 Å². The van der Waals surface area contributed by atoms with E-state index in [4.69, 9.17) is 4.74 Å². The zero-order valence-corrected chi connectivity index (χ0v) is 17.2. The Kier molecular flexibility index (Phi) is 5.59. The average molecular weight is 426 g/mol. The molecule has 3 aromatic rings. The number of esters is 1. The van der Waals surface area contributed by atoms with Gasteiger partial charge in [0.25, 0.3) is 0 Å². The number of aromatic nitrogens is 2. The van der Waals surface area contributed by atoms with Crippen LogP contribution in [-0.4, -0.2) is 28.8 Å². The fourth-order valence-corrected chi connectivity index (χ4v) is 3.84. The lowest BCUT2D eigenvalue weighted by Gasteiger charge is -2.12. The Balaban J connectivity index is 1.45. The van der Waals surface area contributed by atoms with Crippen LogP contribution >= 0.6 is 11.3 Å². The largest absolute Gasteiger partial charge is 0.484 e. The van der Waals surface area contributed by atoms with Gasteiger partial charge in [-0.25, -0.2) is 19.2 Å². The van der Waals surface area contributed by atoms with E-state index in [1.807, 2.05) is 6.92 Å². The van der Waals surface area contributed by atoms with Crippen molar-refractivity contribution in [2.24, 2.45) is 5.92 Å². The predicted molar refractivity (Wildman–Crippen MR) is 109 cm³/mol. The minimum atomic E-state index is -0.723. The van der Waals surface area contributed by atoms with Crippen molar-refractivity contribution >= 4 is 23.1 Å². The molecule has 0 radical (unpaired) electrons. The van der Waals surface area contributed by atoms with Crippen LogP contribution in [0.15, 0.2) is 42.7 Å². The van der Waals surface area contributed by atoms with Crippen molar-refractivity contribution in [3.05, 3.63) is 64.7 Å². The lowest BCUT2D eigenvalue weighted by Crippen LogP contribution is -2.05. The third kappa shape index (κ3) is 4.23. The molecule has 1 aliphatic carbocycles. The summed E-state index contributed by atoms with van der Waals surface area (Å²) in [5, 5.41) is 0.610. The molecular formula is C22H19FN2O4S. The van der Waals surface area contributed by atoms with Gasteiger partial charge in [-0.05, 0) is 44.0 Å². The van der Waals surface area contributed by atoms with Crippen molar-refractivity contribution < 1.29 is 23.5 Å². The molecule has 0 saturated heterocycles. The molecule has 1 fully saturated rings. The molecule has 0 amide bonds. The van der Waals surface area contributed by atoms with Gasteiger partial charge in [-0.1, -0.05) is 6.07 Å². The number of rotatable bonds is 7. The fourth-order valence-electron chi connectivity index (χ4n) is 2.94. The van der Waals surface area contributed by atoms with Crippen molar-refractivity contribution in [3.8, 4) is 16.3 Å². The van der Waals surface area contributed by atoms with E-state index < -0.39 is 11.8 Å². The van der Waals surface area contributed by atoms with E-state index in [0.717, 1.165) is 17.7 Å². The van der Waals surface area contributed by atoms with Crippen molar-refractivity contribution in [3.63, 3.8) is 0 Å². The smallest absolute Gasteiger partial charge is 0.340 e. The van der Waals surface area contributed by atoms with E-state index >= 15 is 0 Å². The van der Waals surface area contributed by atoms with Gasteiger partial charge < -0.3 is 9.47 Å². The van der Waals surface area contributed by atoms with E-state index in [2.05, 4.69) is 14.7 Å². The Morgan fingerprint density at radius 1 is 1.17 bits per heavy atom. The van der Waals surface area contributed by atoms with Crippen LogP contribution in [0.25, 0.3) is 10.6 Å². The van der Waals surface area contributed by atoms with Crippen molar-refractivity contribution in [2.45, 2.75) is 25.9 Å². The molecule has 1 unspecified atom stereocenters. The molecule has 8 heteroatoms. The number of ether oxygens (including phenoxy) is 2. The number of carbonyl (C=O) groups excluding carboxylic acids is 2. The second-order valence-electron chi connectivity index (χ2n) is 7.03. The van der Waals surface area contributed by atoms with Gasteiger partial charge in [0.1, 0.15) is 28.4 Å². The summed E-state index contributed by atoms with van der Waals surface area (Å²) in [6.45, 7) is 1.88. The maximum Gasteiger partial charge on any atom is 0.340 e. The number of pyridine rings is 1. The molecule has 0 aliphatic heterocycles. The molecule has 1 aromatic carbocycles. The summed E-state index contributed by atoms with van der Waals surface area (Å²) >= 11 is 1.37. The number of hydrogen-bond donors (Lipinski definition) is 0. The van der Waals surface area contributed by atoms with Gasteiger partial charge in [-0.3, -0.25) is 4.79 Å². The monoisotopic (exact) mass is 426 g/mol. The van der Waals surface area contributed by atoms with Gasteiger partial charge in [-0.15, -0.1) is 11.3 Å². The Morgan fingerprint density at radius 3 is 2.60 bits per heavy atom. The van der Waals surface area contributed by atoms with Crippen LogP contribution in [0.4, 0.5) is 4.39 Å². The molecule has 1 aliphatic rings. The zero-order chi connectivity index (χ0) is 21.3. The quantitative estimate of drug-likeness (QED) is 0.396. The van der Waals surface area contributed by atoms with Gasteiger partial charge >= 0.3 is 5.97 Å². The number of hydrogen-bond acceptors (Lipinski definition) is 7. The van der Waals surface area contributed by atoms with Crippen LogP contribution in [0, 0.1) is 11.7 Å². The average Bonchev–Trinajstić information content (AvgIpc) is 3.49. The summed E-state index contributed by atoms with van der Waals surface area (Å²) in [4.78, 5) is 33.0. The first-order valence-corrected chi connectivity index (χ1v) is 10.3. The predicted octanol–water partition coefficient (Wildman–Crippen LogP) is 4.86. The number of methoxy groups -OCH3 is 1. The molecule has 154 valence electrons. The van der Waals surface area contributed by atoms with Crippen molar-refractivity contribution in [1.82, 2.24) is 9.97 Å². The normalized spacial score (nSPS) is 14.2. The SMILES string of the molecule is COC(=O)c1ccc(-c2ncc(C(C)Oc3ccc(C(=O)C4CC4)nc3)s2)cc1F. The Hall–Kier alpha value is -3.13. The molecule has 2 heterocycles. The number of nitrogens with zero attached hydrogens (tertiary/aromatic N) is 2. The maximum absolute atomic E-state index is 14.2. The second kappa shape index (κ2) is 8.31. The van der Waals surface area contributed by atoms with Crippen LogP contribution in [-0.2, 0) is 4.74 Å².